The first-order chi connectivity index (χ1) is 10.8. The van der Waals surface area contributed by atoms with Crippen LogP contribution in [0.4, 0.5) is 5.69 Å². The second-order valence-electron chi connectivity index (χ2n) is 5.03. The Balaban J connectivity index is 2.01. The third-order valence-corrected chi connectivity index (χ3v) is 4.72. The van der Waals surface area contributed by atoms with Gasteiger partial charge in [-0.1, -0.05) is 36.0 Å². The van der Waals surface area contributed by atoms with E-state index in [0.717, 1.165) is 28.6 Å². The molecule has 0 unspecified atom stereocenters. The number of nitrogens with zero attached hydrogens (tertiary/aromatic N) is 1. The monoisotopic (exact) mass is 314 g/mol. The highest BCUT2D eigenvalue weighted by Crippen LogP contribution is 2.38. The van der Waals surface area contributed by atoms with Gasteiger partial charge in [0, 0.05) is 22.9 Å². The van der Waals surface area contributed by atoms with Crippen molar-refractivity contribution in [3.05, 3.63) is 54.1 Å². The molecule has 3 rings (SSSR count). The Morgan fingerprint density at radius 2 is 1.77 bits per heavy atom. The van der Waals surface area contributed by atoms with Crippen LogP contribution in [0.25, 0.3) is 0 Å². The van der Waals surface area contributed by atoms with E-state index in [-0.39, 0.29) is 0 Å². The minimum Gasteiger partial charge on any atom is -0.378 e. The van der Waals surface area contributed by atoms with Gasteiger partial charge < -0.3 is 15.4 Å². The molecule has 1 amide bonds. The summed E-state index contributed by atoms with van der Waals surface area (Å²) < 4.78 is 5.42. The molecule has 0 bridgehead atoms. The predicted molar refractivity (Wildman–Crippen MR) is 88.6 cm³/mol. The van der Waals surface area contributed by atoms with Gasteiger partial charge in [-0.25, -0.2) is 0 Å². The van der Waals surface area contributed by atoms with Crippen LogP contribution in [0.3, 0.4) is 0 Å². The van der Waals surface area contributed by atoms with Crippen LogP contribution in [0, 0.1) is 0 Å². The first-order valence-electron chi connectivity index (χ1n) is 7.24. The SMILES string of the molecule is NC(=O)c1cccc(N2CCOCC2)c1Sc1ccccc1. The summed E-state index contributed by atoms with van der Waals surface area (Å²) in [5.74, 6) is -0.395. The van der Waals surface area contributed by atoms with Gasteiger partial charge in [0.25, 0.3) is 0 Å². The van der Waals surface area contributed by atoms with Crippen LogP contribution in [0.15, 0.2) is 58.3 Å². The molecule has 0 radical (unpaired) electrons. The van der Waals surface area contributed by atoms with E-state index in [1.165, 1.54) is 0 Å². The van der Waals surface area contributed by atoms with Gasteiger partial charge in [0.2, 0.25) is 5.91 Å². The largest absolute Gasteiger partial charge is 0.378 e. The topological polar surface area (TPSA) is 55.6 Å². The number of carbonyl (C=O) groups excluding carboxylic acids is 1. The molecule has 1 aliphatic rings. The number of nitrogens with two attached hydrogens (primary N) is 1. The minimum absolute atomic E-state index is 0.395. The van der Waals surface area contributed by atoms with E-state index in [9.17, 15) is 4.79 Å². The molecule has 0 atom stereocenters. The number of rotatable bonds is 4. The summed E-state index contributed by atoms with van der Waals surface area (Å²) in [5, 5.41) is 0. The zero-order chi connectivity index (χ0) is 15.4. The maximum Gasteiger partial charge on any atom is 0.249 e. The second-order valence-corrected chi connectivity index (χ2v) is 6.12. The highest BCUT2D eigenvalue weighted by Gasteiger charge is 2.19. The highest BCUT2D eigenvalue weighted by molar-refractivity contribution is 7.99. The number of ether oxygens (including phenoxy) is 1. The Morgan fingerprint density at radius 1 is 1.05 bits per heavy atom. The molecule has 0 spiro atoms. The number of amides is 1. The molecular weight excluding hydrogens is 296 g/mol. The van der Waals surface area contributed by atoms with E-state index in [2.05, 4.69) is 4.90 Å². The molecule has 114 valence electrons. The molecule has 2 N–H and O–H groups in total. The maximum atomic E-state index is 11.8. The van der Waals surface area contributed by atoms with E-state index in [1.54, 1.807) is 17.8 Å². The summed E-state index contributed by atoms with van der Waals surface area (Å²) in [7, 11) is 0. The molecule has 5 heteroatoms. The van der Waals surface area contributed by atoms with Gasteiger partial charge >= 0.3 is 0 Å². The number of benzene rings is 2. The molecule has 1 heterocycles. The average molecular weight is 314 g/mol. The van der Waals surface area contributed by atoms with Crippen molar-refractivity contribution in [2.75, 3.05) is 31.2 Å². The van der Waals surface area contributed by atoms with E-state index < -0.39 is 5.91 Å². The Morgan fingerprint density at radius 3 is 2.45 bits per heavy atom. The Bertz CT molecular complexity index is 655. The van der Waals surface area contributed by atoms with E-state index in [1.807, 2.05) is 42.5 Å². The normalized spacial score (nSPS) is 14.8. The van der Waals surface area contributed by atoms with E-state index in [4.69, 9.17) is 10.5 Å². The van der Waals surface area contributed by atoms with Crippen molar-refractivity contribution in [3.63, 3.8) is 0 Å². The fourth-order valence-electron chi connectivity index (χ4n) is 2.49. The third kappa shape index (κ3) is 3.26. The van der Waals surface area contributed by atoms with Gasteiger partial charge in [-0.3, -0.25) is 4.79 Å². The van der Waals surface area contributed by atoms with Gasteiger partial charge in [0.15, 0.2) is 0 Å². The molecule has 2 aromatic rings. The quantitative estimate of drug-likeness (QED) is 0.943. The molecule has 22 heavy (non-hydrogen) atoms. The molecule has 0 aliphatic carbocycles. The van der Waals surface area contributed by atoms with Crippen molar-refractivity contribution >= 4 is 23.4 Å². The lowest BCUT2D eigenvalue weighted by Gasteiger charge is -2.31. The van der Waals surface area contributed by atoms with Crippen molar-refractivity contribution in [3.8, 4) is 0 Å². The summed E-state index contributed by atoms with van der Waals surface area (Å²) in [4.78, 5) is 16.1. The van der Waals surface area contributed by atoms with Crippen LogP contribution in [0.1, 0.15) is 10.4 Å². The maximum absolute atomic E-state index is 11.8. The zero-order valence-corrected chi connectivity index (χ0v) is 13.0. The van der Waals surface area contributed by atoms with Crippen LogP contribution in [-0.2, 0) is 4.74 Å². The van der Waals surface area contributed by atoms with Crippen molar-refractivity contribution in [1.82, 2.24) is 0 Å². The molecule has 0 saturated carbocycles. The highest BCUT2D eigenvalue weighted by atomic mass is 32.2. The Labute approximate surface area is 134 Å². The summed E-state index contributed by atoms with van der Waals surface area (Å²) in [6.07, 6.45) is 0. The summed E-state index contributed by atoms with van der Waals surface area (Å²) in [6.45, 7) is 3.06. The Hall–Kier alpha value is -1.98. The van der Waals surface area contributed by atoms with Gasteiger partial charge in [0.05, 0.1) is 24.5 Å². The summed E-state index contributed by atoms with van der Waals surface area (Å²) in [5.41, 5.74) is 7.19. The lowest BCUT2D eigenvalue weighted by molar-refractivity contribution is 0.0997. The predicted octanol–water partition coefficient (Wildman–Crippen LogP) is 2.77. The number of primary amides is 1. The van der Waals surface area contributed by atoms with Gasteiger partial charge in [-0.05, 0) is 24.3 Å². The van der Waals surface area contributed by atoms with Crippen LogP contribution < -0.4 is 10.6 Å². The average Bonchev–Trinajstić information content (AvgIpc) is 2.56. The molecule has 1 aliphatic heterocycles. The fourth-order valence-corrected chi connectivity index (χ4v) is 3.60. The number of hydrogen-bond acceptors (Lipinski definition) is 4. The van der Waals surface area contributed by atoms with E-state index in [0.29, 0.717) is 18.8 Å². The lowest BCUT2D eigenvalue weighted by atomic mass is 10.1. The summed E-state index contributed by atoms with van der Waals surface area (Å²) in [6, 6.07) is 15.7. The number of anilines is 1. The molecule has 4 nitrogen and oxygen atoms in total. The molecule has 1 fully saturated rings. The van der Waals surface area contributed by atoms with Crippen molar-refractivity contribution in [2.24, 2.45) is 5.73 Å². The van der Waals surface area contributed by atoms with Crippen molar-refractivity contribution < 1.29 is 9.53 Å². The van der Waals surface area contributed by atoms with Crippen LogP contribution >= 0.6 is 11.8 Å². The second kappa shape index (κ2) is 6.85. The zero-order valence-electron chi connectivity index (χ0n) is 12.2. The Kier molecular flexibility index (Phi) is 4.65. The lowest BCUT2D eigenvalue weighted by Crippen LogP contribution is -2.36. The first kappa shape index (κ1) is 14.9. The van der Waals surface area contributed by atoms with Gasteiger partial charge in [-0.15, -0.1) is 0 Å². The van der Waals surface area contributed by atoms with Crippen molar-refractivity contribution in [2.45, 2.75) is 9.79 Å². The molecular formula is C17H18N2O2S. The fraction of sp³-hybridized carbons (Fsp3) is 0.235. The van der Waals surface area contributed by atoms with Crippen LogP contribution in [0.2, 0.25) is 0 Å². The van der Waals surface area contributed by atoms with Crippen molar-refractivity contribution in [1.29, 1.82) is 0 Å². The smallest absolute Gasteiger partial charge is 0.249 e. The van der Waals surface area contributed by atoms with Gasteiger partial charge in [0.1, 0.15) is 0 Å². The third-order valence-electron chi connectivity index (χ3n) is 3.57. The van der Waals surface area contributed by atoms with Gasteiger partial charge in [-0.2, -0.15) is 0 Å². The standard InChI is InChI=1S/C17H18N2O2S/c18-17(20)14-7-4-8-15(19-9-11-21-12-10-19)16(14)22-13-5-2-1-3-6-13/h1-8H,9-12H2,(H2,18,20). The number of morpholine rings is 1. The molecule has 2 aromatic carbocycles. The number of hydrogen-bond donors (Lipinski definition) is 1. The molecule has 1 saturated heterocycles. The van der Waals surface area contributed by atoms with E-state index >= 15 is 0 Å². The first-order valence-corrected chi connectivity index (χ1v) is 8.06. The van der Waals surface area contributed by atoms with Crippen LogP contribution in [-0.4, -0.2) is 32.2 Å². The minimum atomic E-state index is -0.395. The van der Waals surface area contributed by atoms with Crippen LogP contribution in [0.5, 0.6) is 0 Å². The molecule has 0 aromatic heterocycles. The number of carbonyl (C=O) groups is 1. The summed E-state index contributed by atoms with van der Waals surface area (Å²) >= 11 is 1.58.